The molecule has 0 fully saturated rings. The lowest BCUT2D eigenvalue weighted by Gasteiger charge is -2.20. The molecule has 0 aliphatic carbocycles. The SMILES string of the molecule is COC(=O)[C@@H](F)[C@H](Cc1ccccc1)NC(C)=O. The summed E-state index contributed by atoms with van der Waals surface area (Å²) >= 11 is 0. The summed E-state index contributed by atoms with van der Waals surface area (Å²) < 4.78 is 18.2. The van der Waals surface area contributed by atoms with Crippen molar-refractivity contribution in [2.45, 2.75) is 25.6 Å². The second kappa shape index (κ2) is 6.74. The number of nitrogens with one attached hydrogen (secondary N) is 1. The second-order valence-corrected chi connectivity index (χ2v) is 3.92. The van der Waals surface area contributed by atoms with Crippen LogP contribution in [0.25, 0.3) is 0 Å². The van der Waals surface area contributed by atoms with E-state index in [0.29, 0.717) is 0 Å². The van der Waals surface area contributed by atoms with Crippen molar-refractivity contribution in [1.82, 2.24) is 5.32 Å². The molecule has 1 rings (SSSR count). The molecule has 18 heavy (non-hydrogen) atoms. The lowest BCUT2D eigenvalue weighted by Crippen LogP contribution is -2.45. The van der Waals surface area contributed by atoms with Gasteiger partial charge in [0.2, 0.25) is 12.1 Å². The minimum absolute atomic E-state index is 0.233. The summed E-state index contributed by atoms with van der Waals surface area (Å²) in [6.07, 6.45) is -1.64. The number of alkyl halides is 1. The van der Waals surface area contributed by atoms with Crippen LogP contribution < -0.4 is 5.32 Å². The van der Waals surface area contributed by atoms with E-state index < -0.39 is 18.2 Å². The van der Waals surface area contributed by atoms with Gasteiger partial charge in [-0.1, -0.05) is 30.3 Å². The molecule has 1 aromatic rings. The Morgan fingerprint density at radius 1 is 1.33 bits per heavy atom. The maximum atomic E-state index is 13.8. The Hall–Kier alpha value is -1.91. The number of hydrogen-bond donors (Lipinski definition) is 1. The number of amides is 1. The highest BCUT2D eigenvalue weighted by molar-refractivity contribution is 5.78. The lowest BCUT2D eigenvalue weighted by atomic mass is 10.0. The average Bonchev–Trinajstić information content (AvgIpc) is 2.37. The van der Waals surface area contributed by atoms with Gasteiger partial charge in [0.15, 0.2) is 0 Å². The molecular weight excluding hydrogens is 237 g/mol. The first-order valence-corrected chi connectivity index (χ1v) is 5.57. The van der Waals surface area contributed by atoms with Crippen LogP contribution in [0.3, 0.4) is 0 Å². The van der Waals surface area contributed by atoms with Crippen LogP contribution in [0, 0.1) is 0 Å². The third kappa shape index (κ3) is 4.16. The predicted octanol–water partition coefficient (Wildman–Crippen LogP) is 1.24. The van der Waals surface area contributed by atoms with Gasteiger partial charge in [-0.15, -0.1) is 0 Å². The van der Waals surface area contributed by atoms with Crippen molar-refractivity contribution in [2.75, 3.05) is 7.11 Å². The minimum atomic E-state index is -1.88. The molecule has 0 heterocycles. The molecule has 0 aliphatic heterocycles. The zero-order chi connectivity index (χ0) is 13.5. The first-order valence-electron chi connectivity index (χ1n) is 5.57. The molecule has 0 aliphatic rings. The van der Waals surface area contributed by atoms with Gasteiger partial charge >= 0.3 is 5.97 Å². The Labute approximate surface area is 105 Å². The highest BCUT2D eigenvalue weighted by Crippen LogP contribution is 2.10. The largest absolute Gasteiger partial charge is 0.467 e. The number of esters is 1. The molecule has 4 nitrogen and oxygen atoms in total. The van der Waals surface area contributed by atoms with Crippen LogP contribution in [-0.4, -0.2) is 31.2 Å². The van der Waals surface area contributed by atoms with E-state index in [1.165, 1.54) is 6.92 Å². The number of benzene rings is 1. The smallest absolute Gasteiger partial charge is 0.342 e. The van der Waals surface area contributed by atoms with Gasteiger partial charge in [0.05, 0.1) is 13.2 Å². The van der Waals surface area contributed by atoms with E-state index in [2.05, 4.69) is 10.1 Å². The number of hydrogen-bond acceptors (Lipinski definition) is 3. The van der Waals surface area contributed by atoms with Crippen LogP contribution in [0.2, 0.25) is 0 Å². The summed E-state index contributed by atoms with van der Waals surface area (Å²) in [7, 11) is 1.11. The van der Waals surface area contributed by atoms with Crippen molar-refractivity contribution in [2.24, 2.45) is 0 Å². The Morgan fingerprint density at radius 3 is 2.44 bits per heavy atom. The maximum absolute atomic E-state index is 13.8. The van der Waals surface area contributed by atoms with Gasteiger partial charge in [-0.25, -0.2) is 9.18 Å². The molecule has 1 amide bonds. The van der Waals surface area contributed by atoms with E-state index in [1.807, 2.05) is 18.2 Å². The van der Waals surface area contributed by atoms with Crippen LogP contribution in [0.15, 0.2) is 30.3 Å². The monoisotopic (exact) mass is 253 g/mol. The summed E-state index contributed by atoms with van der Waals surface area (Å²) in [6.45, 7) is 1.28. The third-order valence-electron chi connectivity index (χ3n) is 2.47. The molecule has 0 saturated carbocycles. The molecule has 1 N–H and O–H groups in total. The molecular formula is C13H16FNO3. The fourth-order valence-electron chi connectivity index (χ4n) is 1.63. The van der Waals surface area contributed by atoms with Crippen LogP contribution in [0.4, 0.5) is 4.39 Å². The van der Waals surface area contributed by atoms with E-state index in [4.69, 9.17) is 0 Å². The Morgan fingerprint density at radius 2 is 1.94 bits per heavy atom. The second-order valence-electron chi connectivity index (χ2n) is 3.92. The predicted molar refractivity (Wildman–Crippen MR) is 64.7 cm³/mol. The summed E-state index contributed by atoms with van der Waals surface area (Å²) in [5.41, 5.74) is 0.836. The van der Waals surface area contributed by atoms with Crippen molar-refractivity contribution in [1.29, 1.82) is 0 Å². The van der Waals surface area contributed by atoms with Gasteiger partial charge in [0.25, 0.3) is 0 Å². The molecule has 0 saturated heterocycles. The number of carbonyl (C=O) groups is 2. The van der Waals surface area contributed by atoms with Crippen molar-refractivity contribution < 1.29 is 18.7 Å². The number of ether oxygens (including phenoxy) is 1. The van der Waals surface area contributed by atoms with Crippen LogP contribution in [-0.2, 0) is 20.7 Å². The van der Waals surface area contributed by atoms with Crippen LogP contribution in [0.1, 0.15) is 12.5 Å². The van der Waals surface area contributed by atoms with Crippen LogP contribution in [0.5, 0.6) is 0 Å². The zero-order valence-corrected chi connectivity index (χ0v) is 10.4. The molecule has 5 heteroatoms. The highest BCUT2D eigenvalue weighted by Gasteiger charge is 2.29. The van der Waals surface area contributed by atoms with Gasteiger partial charge in [0.1, 0.15) is 0 Å². The molecule has 0 radical (unpaired) electrons. The molecule has 98 valence electrons. The fraction of sp³-hybridized carbons (Fsp3) is 0.385. The summed E-state index contributed by atoms with van der Waals surface area (Å²) in [4.78, 5) is 22.2. The minimum Gasteiger partial charge on any atom is -0.467 e. The quantitative estimate of drug-likeness (QED) is 0.803. The van der Waals surface area contributed by atoms with E-state index in [-0.39, 0.29) is 12.3 Å². The normalized spacial score (nSPS) is 13.5. The van der Waals surface area contributed by atoms with E-state index in [0.717, 1.165) is 12.7 Å². The topological polar surface area (TPSA) is 55.4 Å². The van der Waals surface area contributed by atoms with Crippen molar-refractivity contribution in [3.8, 4) is 0 Å². The van der Waals surface area contributed by atoms with Crippen molar-refractivity contribution in [3.63, 3.8) is 0 Å². The Bertz CT molecular complexity index is 408. The summed E-state index contributed by atoms with van der Waals surface area (Å²) in [5.74, 6) is -1.37. The Balaban J connectivity index is 2.78. The first kappa shape index (κ1) is 14.2. The fourth-order valence-corrected chi connectivity index (χ4v) is 1.63. The van der Waals surface area contributed by atoms with Crippen LogP contribution >= 0.6 is 0 Å². The maximum Gasteiger partial charge on any atom is 0.342 e. The van der Waals surface area contributed by atoms with E-state index in [1.54, 1.807) is 12.1 Å². The highest BCUT2D eigenvalue weighted by atomic mass is 19.1. The van der Waals surface area contributed by atoms with Gasteiger partial charge < -0.3 is 10.1 Å². The molecule has 0 unspecified atom stereocenters. The molecule has 0 spiro atoms. The molecule has 0 aromatic heterocycles. The van der Waals surface area contributed by atoms with Gasteiger partial charge in [-0.05, 0) is 12.0 Å². The average molecular weight is 253 g/mol. The molecule has 2 atom stereocenters. The van der Waals surface area contributed by atoms with E-state index >= 15 is 0 Å². The first-order chi connectivity index (χ1) is 8.54. The summed E-state index contributed by atoms with van der Waals surface area (Å²) in [6, 6.07) is 8.15. The molecule has 1 aromatic carbocycles. The van der Waals surface area contributed by atoms with Crippen molar-refractivity contribution >= 4 is 11.9 Å². The Kier molecular flexibility index (Phi) is 5.30. The van der Waals surface area contributed by atoms with Gasteiger partial charge in [-0.2, -0.15) is 0 Å². The summed E-state index contributed by atoms with van der Waals surface area (Å²) in [5, 5.41) is 2.43. The third-order valence-corrected chi connectivity index (χ3v) is 2.47. The number of carbonyl (C=O) groups excluding carboxylic acids is 2. The zero-order valence-electron chi connectivity index (χ0n) is 10.4. The standard InChI is InChI=1S/C13H16FNO3/c1-9(16)15-11(12(14)13(17)18-2)8-10-6-4-3-5-7-10/h3-7,11-12H,8H2,1-2H3,(H,15,16)/t11-,12-/m0/s1. The lowest BCUT2D eigenvalue weighted by molar-refractivity contribution is -0.147. The van der Waals surface area contributed by atoms with Gasteiger partial charge in [0, 0.05) is 6.92 Å². The molecule has 0 bridgehead atoms. The number of rotatable bonds is 5. The number of halogens is 1. The van der Waals surface area contributed by atoms with E-state index in [9.17, 15) is 14.0 Å². The number of methoxy groups -OCH3 is 1. The van der Waals surface area contributed by atoms with Crippen molar-refractivity contribution in [3.05, 3.63) is 35.9 Å². The van der Waals surface area contributed by atoms with Gasteiger partial charge in [-0.3, -0.25) is 4.79 Å².